The lowest BCUT2D eigenvalue weighted by Crippen LogP contribution is -2.47. The summed E-state index contributed by atoms with van der Waals surface area (Å²) in [4.78, 5) is 8.15. The van der Waals surface area contributed by atoms with Crippen LogP contribution in [-0.4, -0.2) is 29.3 Å². The minimum atomic E-state index is -4.29. The number of hydrogen-bond acceptors (Lipinski definition) is 3. The number of alkyl halides is 3. The van der Waals surface area contributed by atoms with E-state index in [0.717, 1.165) is 62.2 Å². The largest absolute Gasteiger partial charge is 0.416 e. The molecule has 0 radical (unpaired) electrons. The molecule has 0 N–H and O–H groups in total. The summed E-state index contributed by atoms with van der Waals surface area (Å²) in [5, 5.41) is 4.35. The SMILES string of the molecule is FC(F)(F)c1ccc(CN2CCCC3(CC(Cc4ccccc4)=NO3)C2)cc1. The van der Waals surface area contributed by atoms with Gasteiger partial charge in [-0.15, -0.1) is 0 Å². The van der Waals surface area contributed by atoms with Gasteiger partial charge in [-0.2, -0.15) is 13.2 Å². The molecule has 0 aliphatic carbocycles. The molecule has 1 fully saturated rings. The van der Waals surface area contributed by atoms with Crippen LogP contribution in [0.15, 0.2) is 59.8 Å². The van der Waals surface area contributed by atoms with Crippen molar-refractivity contribution in [2.45, 2.75) is 44.0 Å². The average molecular weight is 388 g/mol. The molecule has 0 aromatic heterocycles. The number of benzene rings is 2. The second kappa shape index (κ2) is 7.59. The molecule has 1 atom stereocenters. The topological polar surface area (TPSA) is 24.8 Å². The Hall–Kier alpha value is -2.34. The number of hydrogen-bond donors (Lipinski definition) is 0. The Balaban J connectivity index is 1.36. The fraction of sp³-hybridized carbons (Fsp3) is 0.409. The highest BCUT2D eigenvalue weighted by Gasteiger charge is 2.42. The van der Waals surface area contributed by atoms with Crippen LogP contribution in [0.5, 0.6) is 0 Å². The standard InChI is InChI=1S/C22H23F3N2O/c23-22(24,25)19-9-7-18(8-10-19)15-27-12-4-11-21(16-27)14-20(26-28-21)13-17-5-2-1-3-6-17/h1-3,5-10H,4,11-16H2. The Morgan fingerprint density at radius 3 is 2.46 bits per heavy atom. The van der Waals surface area contributed by atoms with Crippen LogP contribution in [0.3, 0.4) is 0 Å². The van der Waals surface area contributed by atoms with Crippen molar-refractivity contribution in [3.8, 4) is 0 Å². The summed E-state index contributed by atoms with van der Waals surface area (Å²) in [7, 11) is 0. The highest BCUT2D eigenvalue weighted by atomic mass is 19.4. The Morgan fingerprint density at radius 1 is 1.00 bits per heavy atom. The van der Waals surface area contributed by atoms with Gasteiger partial charge in [-0.3, -0.25) is 4.90 Å². The fourth-order valence-corrected chi connectivity index (χ4v) is 4.13. The van der Waals surface area contributed by atoms with Gasteiger partial charge in [0.25, 0.3) is 0 Å². The van der Waals surface area contributed by atoms with E-state index in [2.05, 4.69) is 22.2 Å². The third-order valence-corrected chi connectivity index (χ3v) is 5.45. The summed E-state index contributed by atoms with van der Waals surface area (Å²) in [6, 6.07) is 15.7. The Labute approximate surface area is 162 Å². The smallest absolute Gasteiger partial charge is 0.387 e. The second-order valence-electron chi connectivity index (χ2n) is 7.78. The quantitative estimate of drug-likeness (QED) is 0.731. The Morgan fingerprint density at radius 2 is 1.75 bits per heavy atom. The molecule has 4 rings (SSSR count). The molecular weight excluding hydrogens is 365 g/mol. The van der Waals surface area contributed by atoms with Crippen molar-refractivity contribution in [2.24, 2.45) is 5.16 Å². The van der Waals surface area contributed by atoms with Crippen molar-refractivity contribution < 1.29 is 18.0 Å². The molecule has 148 valence electrons. The van der Waals surface area contributed by atoms with Crippen LogP contribution in [0.4, 0.5) is 13.2 Å². The first-order valence-corrected chi connectivity index (χ1v) is 9.58. The number of likely N-dealkylation sites (tertiary alicyclic amines) is 1. The molecule has 2 aromatic carbocycles. The van der Waals surface area contributed by atoms with Crippen LogP contribution in [0.25, 0.3) is 0 Å². The van der Waals surface area contributed by atoms with Crippen LogP contribution in [-0.2, 0) is 24.0 Å². The molecule has 6 heteroatoms. The van der Waals surface area contributed by atoms with Crippen LogP contribution >= 0.6 is 0 Å². The van der Waals surface area contributed by atoms with Gasteiger partial charge in [0, 0.05) is 25.9 Å². The maximum absolute atomic E-state index is 12.7. The lowest BCUT2D eigenvalue weighted by molar-refractivity contribution is -0.137. The predicted octanol–water partition coefficient (Wildman–Crippen LogP) is 5.06. The molecule has 3 nitrogen and oxygen atoms in total. The van der Waals surface area contributed by atoms with E-state index in [0.29, 0.717) is 6.54 Å². The maximum Gasteiger partial charge on any atom is 0.416 e. The summed E-state index contributed by atoms with van der Waals surface area (Å²) in [6.45, 7) is 2.28. The Bertz CT molecular complexity index is 833. The van der Waals surface area contributed by atoms with E-state index in [1.807, 2.05) is 18.2 Å². The maximum atomic E-state index is 12.7. The zero-order chi connectivity index (χ0) is 19.6. The molecule has 2 aliphatic heterocycles. The van der Waals surface area contributed by atoms with Gasteiger partial charge in [-0.25, -0.2) is 0 Å². The monoisotopic (exact) mass is 388 g/mol. The number of oxime groups is 1. The normalized spacial score (nSPS) is 22.9. The third kappa shape index (κ3) is 4.38. The van der Waals surface area contributed by atoms with Gasteiger partial charge >= 0.3 is 6.18 Å². The zero-order valence-electron chi connectivity index (χ0n) is 15.6. The summed E-state index contributed by atoms with van der Waals surface area (Å²) < 4.78 is 38.2. The first-order chi connectivity index (χ1) is 13.4. The molecule has 2 aromatic rings. The van der Waals surface area contributed by atoms with E-state index in [4.69, 9.17) is 4.84 Å². The number of piperidine rings is 1. The summed E-state index contributed by atoms with van der Waals surface area (Å²) >= 11 is 0. The Kier molecular flexibility index (Phi) is 5.15. The van der Waals surface area contributed by atoms with Crippen molar-refractivity contribution in [2.75, 3.05) is 13.1 Å². The van der Waals surface area contributed by atoms with E-state index >= 15 is 0 Å². The van der Waals surface area contributed by atoms with Crippen LogP contribution in [0.2, 0.25) is 0 Å². The van der Waals surface area contributed by atoms with Gasteiger partial charge in [0.05, 0.1) is 11.3 Å². The molecule has 0 saturated carbocycles. The van der Waals surface area contributed by atoms with Crippen molar-refractivity contribution in [1.82, 2.24) is 4.90 Å². The predicted molar refractivity (Wildman–Crippen MR) is 102 cm³/mol. The van der Waals surface area contributed by atoms with Crippen LogP contribution in [0, 0.1) is 0 Å². The van der Waals surface area contributed by atoms with Gasteiger partial charge in [0.2, 0.25) is 0 Å². The first-order valence-electron chi connectivity index (χ1n) is 9.58. The zero-order valence-corrected chi connectivity index (χ0v) is 15.6. The number of rotatable bonds is 4. The van der Waals surface area contributed by atoms with Gasteiger partial charge in [0.1, 0.15) is 0 Å². The van der Waals surface area contributed by atoms with E-state index in [-0.39, 0.29) is 5.60 Å². The van der Waals surface area contributed by atoms with Crippen molar-refractivity contribution in [3.05, 3.63) is 71.3 Å². The summed E-state index contributed by atoms with van der Waals surface area (Å²) in [6.07, 6.45) is -0.738. The third-order valence-electron chi connectivity index (χ3n) is 5.45. The lowest BCUT2D eigenvalue weighted by Gasteiger charge is -2.38. The van der Waals surface area contributed by atoms with E-state index in [9.17, 15) is 13.2 Å². The highest BCUT2D eigenvalue weighted by molar-refractivity contribution is 5.88. The van der Waals surface area contributed by atoms with Crippen LogP contribution < -0.4 is 0 Å². The van der Waals surface area contributed by atoms with Gasteiger partial charge in [-0.1, -0.05) is 47.6 Å². The molecule has 1 saturated heterocycles. The fourth-order valence-electron chi connectivity index (χ4n) is 4.13. The molecular formula is C22H23F3N2O. The van der Waals surface area contributed by atoms with Crippen LogP contribution in [0.1, 0.15) is 36.0 Å². The minimum absolute atomic E-state index is 0.297. The van der Waals surface area contributed by atoms with Crippen molar-refractivity contribution in [3.63, 3.8) is 0 Å². The molecule has 0 bridgehead atoms. The molecule has 1 spiro atoms. The molecule has 0 amide bonds. The average Bonchev–Trinajstić information content (AvgIpc) is 3.04. The van der Waals surface area contributed by atoms with Crippen molar-refractivity contribution in [1.29, 1.82) is 0 Å². The lowest BCUT2D eigenvalue weighted by atomic mass is 9.86. The second-order valence-corrected chi connectivity index (χ2v) is 7.78. The summed E-state index contributed by atoms with van der Waals surface area (Å²) in [5.74, 6) is 0. The molecule has 2 heterocycles. The van der Waals surface area contributed by atoms with Crippen molar-refractivity contribution >= 4 is 5.71 Å². The highest BCUT2D eigenvalue weighted by Crippen LogP contribution is 2.35. The molecule has 2 aliphatic rings. The first kappa shape index (κ1) is 19.0. The molecule has 1 unspecified atom stereocenters. The van der Waals surface area contributed by atoms with Gasteiger partial charge in [-0.05, 0) is 42.6 Å². The van der Waals surface area contributed by atoms with Gasteiger partial charge < -0.3 is 4.84 Å². The van der Waals surface area contributed by atoms with Gasteiger partial charge in [0.15, 0.2) is 5.60 Å². The van der Waals surface area contributed by atoms with E-state index in [1.54, 1.807) is 12.1 Å². The number of nitrogens with zero attached hydrogens (tertiary/aromatic N) is 2. The van der Waals surface area contributed by atoms with E-state index in [1.165, 1.54) is 5.56 Å². The van der Waals surface area contributed by atoms with E-state index < -0.39 is 11.7 Å². The summed E-state index contributed by atoms with van der Waals surface area (Å²) in [5.41, 5.74) is 2.26. The minimum Gasteiger partial charge on any atom is -0.387 e. The molecule has 28 heavy (non-hydrogen) atoms. The number of halogens is 3.